The number of carbonyl (C=O) groups excluding carboxylic acids is 1. The number of aromatic nitrogens is 2. The van der Waals surface area contributed by atoms with E-state index < -0.39 is 0 Å². The quantitative estimate of drug-likeness (QED) is 0.870. The van der Waals surface area contributed by atoms with Crippen molar-refractivity contribution in [3.05, 3.63) is 41.5 Å². The van der Waals surface area contributed by atoms with Crippen LogP contribution < -0.4 is 15.4 Å². The predicted molar refractivity (Wildman–Crippen MR) is 92.4 cm³/mol. The number of hydrogen-bond acceptors (Lipinski definition) is 5. The third kappa shape index (κ3) is 3.75. The molecule has 2 heterocycles. The summed E-state index contributed by atoms with van der Waals surface area (Å²) in [6, 6.07) is 7.27. The molecule has 0 aliphatic carbocycles. The van der Waals surface area contributed by atoms with E-state index in [2.05, 4.69) is 20.8 Å². The SMILES string of the molecule is Cc1noc([C@H](NC(=O)N[C@@H](C)[C@H]2COc3ccccc32)C(C)C)n1. The number of urea groups is 1. The summed E-state index contributed by atoms with van der Waals surface area (Å²) in [4.78, 5) is 16.7. The number of ether oxygens (including phenoxy) is 1. The minimum atomic E-state index is -0.333. The van der Waals surface area contributed by atoms with Crippen LogP contribution in [0.4, 0.5) is 4.79 Å². The summed E-state index contributed by atoms with van der Waals surface area (Å²) in [7, 11) is 0. The van der Waals surface area contributed by atoms with Gasteiger partial charge >= 0.3 is 6.03 Å². The van der Waals surface area contributed by atoms with Crippen molar-refractivity contribution in [3.8, 4) is 5.75 Å². The number of rotatable bonds is 5. The molecule has 0 fully saturated rings. The van der Waals surface area contributed by atoms with Crippen LogP contribution in [0.2, 0.25) is 0 Å². The topological polar surface area (TPSA) is 89.3 Å². The molecule has 0 unspecified atom stereocenters. The molecule has 1 aliphatic rings. The zero-order chi connectivity index (χ0) is 18.0. The smallest absolute Gasteiger partial charge is 0.315 e. The minimum Gasteiger partial charge on any atom is -0.493 e. The van der Waals surface area contributed by atoms with Gasteiger partial charge in [0.1, 0.15) is 11.8 Å². The highest BCUT2D eigenvalue weighted by atomic mass is 16.5. The maximum absolute atomic E-state index is 12.5. The fraction of sp³-hybridized carbons (Fsp3) is 0.500. The van der Waals surface area contributed by atoms with Crippen molar-refractivity contribution in [3.63, 3.8) is 0 Å². The molecule has 2 aromatic rings. The summed E-state index contributed by atoms with van der Waals surface area (Å²) in [6.07, 6.45) is 0. The van der Waals surface area contributed by atoms with Gasteiger partial charge in [-0.1, -0.05) is 37.2 Å². The molecule has 0 radical (unpaired) electrons. The van der Waals surface area contributed by atoms with Crippen LogP contribution >= 0.6 is 0 Å². The first-order chi connectivity index (χ1) is 12.0. The molecule has 1 aromatic carbocycles. The second-order valence-corrected chi connectivity index (χ2v) is 6.76. The summed E-state index contributed by atoms with van der Waals surface area (Å²) >= 11 is 0. The van der Waals surface area contributed by atoms with E-state index in [1.807, 2.05) is 45.0 Å². The van der Waals surface area contributed by atoms with Gasteiger partial charge in [0.2, 0.25) is 5.89 Å². The maximum atomic E-state index is 12.5. The Kier molecular flexibility index (Phi) is 4.92. The molecule has 0 saturated carbocycles. The van der Waals surface area contributed by atoms with Crippen LogP contribution in [0.1, 0.15) is 50.0 Å². The lowest BCUT2D eigenvalue weighted by atomic mass is 9.94. The van der Waals surface area contributed by atoms with Gasteiger partial charge in [0.25, 0.3) is 0 Å². The average molecular weight is 344 g/mol. The fourth-order valence-corrected chi connectivity index (χ4v) is 3.04. The van der Waals surface area contributed by atoms with Gasteiger partial charge in [-0.05, 0) is 25.8 Å². The highest BCUT2D eigenvalue weighted by Gasteiger charge is 2.31. The van der Waals surface area contributed by atoms with E-state index in [0.717, 1.165) is 11.3 Å². The second-order valence-electron chi connectivity index (χ2n) is 6.76. The summed E-state index contributed by atoms with van der Waals surface area (Å²) in [5, 5.41) is 9.74. The molecular weight excluding hydrogens is 320 g/mol. The lowest BCUT2D eigenvalue weighted by Gasteiger charge is -2.23. The number of para-hydroxylation sites is 1. The van der Waals surface area contributed by atoms with E-state index in [-0.39, 0.29) is 30.0 Å². The monoisotopic (exact) mass is 344 g/mol. The Morgan fingerprint density at radius 2 is 2.00 bits per heavy atom. The normalized spacial score (nSPS) is 18.4. The highest BCUT2D eigenvalue weighted by molar-refractivity contribution is 5.74. The molecule has 3 rings (SSSR count). The predicted octanol–water partition coefficient (Wildman–Crippen LogP) is 2.94. The maximum Gasteiger partial charge on any atom is 0.315 e. The summed E-state index contributed by atoms with van der Waals surface area (Å²) in [5.74, 6) is 2.12. The lowest BCUT2D eigenvalue weighted by molar-refractivity contribution is 0.218. The standard InChI is InChI=1S/C18H24N4O3/c1-10(2)16(17-20-12(4)22-25-17)21-18(23)19-11(3)14-9-24-15-8-6-5-7-13(14)15/h5-8,10-11,14,16H,9H2,1-4H3,(H2,19,21,23)/t11-,14+,16+/m0/s1. The molecule has 1 aliphatic heterocycles. The van der Waals surface area contributed by atoms with Crippen molar-refractivity contribution in [1.82, 2.24) is 20.8 Å². The summed E-state index contributed by atoms with van der Waals surface area (Å²) in [6.45, 7) is 8.29. The Labute approximate surface area is 147 Å². The molecule has 0 saturated heterocycles. The van der Waals surface area contributed by atoms with Crippen LogP contribution in [0.15, 0.2) is 28.8 Å². The van der Waals surface area contributed by atoms with Crippen LogP contribution in [0.25, 0.3) is 0 Å². The third-order valence-electron chi connectivity index (χ3n) is 4.46. The van der Waals surface area contributed by atoms with E-state index in [1.54, 1.807) is 6.92 Å². The minimum absolute atomic E-state index is 0.0686. The zero-order valence-electron chi connectivity index (χ0n) is 14.9. The molecule has 2 N–H and O–H groups in total. The van der Waals surface area contributed by atoms with E-state index in [9.17, 15) is 4.79 Å². The van der Waals surface area contributed by atoms with Gasteiger partial charge in [0, 0.05) is 17.5 Å². The van der Waals surface area contributed by atoms with E-state index in [1.165, 1.54) is 0 Å². The van der Waals surface area contributed by atoms with Gasteiger partial charge < -0.3 is 19.9 Å². The van der Waals surface area contributed by atoms with Crippen molar-refractivity contribution in [2.24, 2.45) is 5.92 Å². The van der Waals surface area contributed by atoms with Crippen molar-refractivity contribution in [2.75, 3.05) is 6.61 Å². The Morgan fingerprint density at radius 1 is 1.24 bits per heavy atom. The first kappa shape index (κ1) is 17.3. The summed E-state index contributed by atoms with van der Waals surface area (Å²) in [5.41, 5.74) is 1.13. The first-order valence-corrected chi connectivity index (χ1v) is 8.54. The number of nitrogens with one attached hydrogen (secondary N) is 2. The molecule has 134 valence electrons. The number of hydrogen-bond donors (Lipinski definition) is 2. The third-order valence-corrected chi connectivity index (χ3v) is 4.46. The van der Waals surface area contributed by atoms with Crippen LogP contribution in [0.5, 0.6) is 5.75 Å². The molecule has 7 nitrogen and oxygen atoms in total. The van der Waals surface area contributed by atoms with Crippen molar-refractivity contribution < 1.29 is 14.1 Å². The Hall–Kier alpha value is -2.57. The molecule has 25 heavy (non-hydrogen) atoms. The fourth-order valence-electron chi connectivity index (χ4n) is 3.04. The van der Waals surface area contributed by atoms with Crippen LogP contribution in [0.3, 0.4) is 0 Å². The molecule has 7 heteroatoms. The van der Waals surface area contributed by atoms with Crippen molar-refractivity contribution in [1.29, 1.82) is 0 Å². The van der Waals surface area contributed by atoms with Gasteiger partial charge in [-0.3, -0.25) is 0 Å². The second kappa shape index (κ2) is 7.13. The van der Waals surface area contributed by atoms with Crippen LogP contribution in [0, 0.1) is 12.8 Å². The number of fused-ring (bicyclic) bond motifs is 1. The van der Waals surface area contributed by atoms with E-state index in [0.29, 0.717) is 18.3 Å². The van der Waals surface area contributed by atoms with Crippen molar-refractivity contribution in [2.45, 2.75) is 45.7 Å². The largest absolute Gasteiger partial charge is 0.493 e. The van der Waals surface area contributed by atoms with Gasteiger partial charge in [0.05, 0.1) is 6.61 Å². The molecule has 3 atom stereocenters. The van der Waals surface area contributed by atoms with Crippen molar-refractivity contribution >= 4 is 6.03 Å². The first-order valence-electron chi connectivity index (χ1n) is 8.54. The average Bonchev–Trinajstić information content (AvgIpc) is 3.18. The number of nitrogens with zero attached hydrogens (tertiary/aromatic N) is 2. The van der Waals surface area contributed by atoms with Crippen LogP contribution in [-0.2, 0) is 0 Å². The molecule has 0 bridgehead atoms. The number of aryl methyl sites for hydroxylation is 1. The van der Waals surface area contributed by atoms with Gasteiger partial charge in [-0.2, -0.15) is 4.98 Å². The molecule has 0 spiro atoms. The molecular formula is C18H24N4O3. The van der Waals surface area contributed by atoms with Gasteiger partial charge in [-0.25, -0.2) is 4.79 Å². The number of benzene rings is 1. The van der Waals surface area contributed by atoms with Gasteiger partial charge in [-0.15, -0.1) is 0 Å². The van der Waals surface area contributed by atoms with E-state index in [4.69, 9.17) is 9.26 Å². The lowest BCUT2D eigenvalue weighted by Crippen LogP contribution is -2.45. The molecule has 1 aromatic heterocycles. The summed E-state index contributed by atoms with van der Waals surface area (Å²) < 4.78 is 10.9. The highest BCUT2D eigenvalue weighted by Crippen LogP contribution is 2.35. The van der Waals surface area contributed by atoms with E-state index >= 15 is 0 Å². The zero-order valence-corrected chi connectivity index (χ0v) is 14.9. The Balaban J connectivity index is 1.63. The Bertz CT molecular complexity index is 743. The van der Waals surface area contributed by atoms with Gasteiger partial charge in [0.15, 0.2) is 5.82 Å². The number of amides is 2. The number of carbonyl (C=O) groups is 1. The van der Waals surface area contributed by atoms with Crippen LogP contribution in [-0.4, -0.2) is 28.8 Å². The Morgan fingerprint density at radius 3 is 2.68 bits per heavy atom. The molecule has 2 amide bonds.